The van der Waals surface area contributed by atoms with Crippen LogP contribution in [0.15, 0.2) is 4.52 Å². The van der Waals surface area contributed by atoms with Crippen LogP contribution in [-0.4, -0.2) is 15.1 Å². The zero-order valence-corrected chi connectivity index (χ0v) is 12.8. The van der Waals surface area contributed by atoms with E-state index in [1.165, 1.54) is 22.5 Å². The predicted octanol–water partition coefficient (Wildman–Crippen LogP) is 3.42. The highest BCUT2D eigenvalue weighted by molar-refractivity contribution is 7.22. The van der Waals surface area contributed by atoms with E-state index >= 15 is 0 Å². The van der Waals surface area contributed by atoms with Gasteiger partial charge in [-0.1, -0.05) is 12.1 Å². The Hall–Kier alpha value is -1.95. The molecule has 104 valence electrons. The molecule has 0 fully saturated rings. The van der Waals surface area contributed by atoms with Crippen molar-refractivity contribution in [1.29, 1.82) is 0 Å². The summed E-state index contributed by atoms with van der Waals surface area (Å²) in [6, 6.07) is 0. The first-order valence-electron chi connectivity index (χ1n) is 6.51. The number of hydrogen-bond acceptors (Lipinski definition) is 6. The molecule has 0 aliphatic heterocycles. The molecule has 3 heterocycles. The van der Waals surface area contributed by atoms with Gasteiger partial charge in [0.15, 0.2) is 5.82 Å². The molecule has 0 aliphatic carbocycles. The summed E-state index contributed by atoms with van der Waals surface area (Å²) in [5.74, 6) is 1.17. The summed E-state index contributed by atoms with van der Waals surface area (Å²) in [6.07, 6.45) is 0.740. The van der Waals surface area contributed by atoms with Crippen LogP contribution in [0.5, 0.6) is 0 Å². The largest absolute Gasteiger partial charge is 0.397 e. The Morgan fingerprint density at radius 1 is 1.15 bits per heavy atom. The molecular formula is C14H16N4OS. The lowest BCUT2D eigenvalue weighted by Gasteiger charge is -2.05. The van der Waals surface area contributed by atoms with Crippen LogP contribution in [0.25, 0.3) is 21.0 Å². The fourth-order valence-electron chi connectivity index (χ4n) is 2.22. The van der Waals surface area contributed by atoms with E-state index in [2.05, 4.69) is 29.0 Å². The lowest BCUT2D eigenvalue weighted by molar-refractivity contribution is 0.424. The summed E-state index contributed by atoms with van der Waals surface area (Å²) < 4.78 is 5.29. The summed E-state index contributed by atoms with van der Waals surface area (Å²) in [6.45, 7) is 8.14. The molecular weight excluding hydrogens is 272 g/mol. The van der Waals surface area contributed by atoms with E-state index in [1.807, 2.05) is 13.8 Å². The van der Waals surface area contributed by atoms with Crippen LogP contribution in [0.2, 0.25) is 0 Å². The number of pyridine rings is 1. The molecule has 6 heteroatoms. The third-order valence-corrected chi connectivity index (χ3v) is 4.74. The molecule has 0 saturated heterocycles. The fraction of sp³-hybridized carbons (Fsp3) is 0.357. The van der Waals surface area contributed by atoms with Crippen molar-refractivity contribution in [3.05, 3.63) is 22.6 Å². The van der Waals surface area contributed by atoms with Crippen LogP contribution in [0, 0.1) is 20.8 Å². The van der Waals surface area contributed by atoms with Crippen molar-refractivity contribution in [2.24, 2.45) is 0 Å². The molecule has 2 N–H and O–H groups in total. The number of nitrogens with two attached hydrogens (primary N) is 1. The predicted molar refractivity (Wildman–Crippen MR) is 80.9 cm³/mol. The minimum Gasteiger partial charge on any atom is -0.397 e. The van der Waals surface area contributed by atoms with Crippen LogP contribution >= 0.6 is 11.3 Å². The number of hydrogen-bond donors (Lipinski definition) is 1. The van der Waals surface area contributed by atoms with Crippen molar-refractivity contribution in [2.75, 3.05) is 5.73 Å². The van der Waals surface area contributed by atoms with Gasteiger partial charge < -0.3 is 10.3 Å². The number of nitrogen functional groups attached to an aromatic ring is 1. The molecule has 0 aromatic carbocycles. The fourth-order valence-corrected chi connectivity index (χ4v) is 3.34. The first kappa shape index (κ1) is 13.1. The van der Waals surface area contributed by atoms with E-state index < -0.39 is 0 Å². The highest BCUT2D eigenvalue weighted by Crippen LogP contribution is 2.41. The topological polar surface area (TPSA) is 77.8 Å². The van der Waals surface area contributed by atoms with Crippen LogP contribution in [0.1, 0.15) is 29.6 Å². The standard InChI is InChI=1S/C14H16N4OS/c1-5-9-17-13(19-18-9)12-11(15)10-7(3)6(2)8(4)16-14(10)20-12/h5,15H2,1-4H3. The van der Waals surface area contributed by atoms with E-state index in [1.54, 1.807) is 0 Å². The van der Waals surface area contributed by atoms with Gasteiger partial charge in [-0.3, -0.25) is 0 Å². The van der Waals surface area contributed by atoms with Crippen LogP contribution in [-0.2, 0) is 6.42 Å². The Kier molecular flexibility index (Phi) is 2.97. The van der Waals surface area contributed by atoms with Crippen LogP contribution < -0.4 is 5.73 Å². The Bertz CT molecular complexity index is 803. The van der Waals surface area contributed by atoms with Crippen LogP contribution in [0.4, 0.5) is 5.69 Å². The monoisotopic (exact) mass is 288 g/mol. The van der Waals surface area contributed by atoms with Crippen molar-refractivity contribution in [2.45, 2.75) is 34.1 Å². The molecule has 3 rings (SSSR count). The molecule has 0 aliphatic rings. The maximum Gasteiger partial charge on any atom is 0.270 e. The second-order valence-electron chi connectivity index (χ2n) is 4.84. The van der Waals surface area contributed by atoms with Crippen molar-refractivity contribution in [1.82, 2.24) is 15.1 Å². The summed E-state index contributed by atoms with van der Waals surface area (Å²) in [7, 11) is 0. The SMILES string of the molecule is CCc1noc(-c2sc3nc(C)c(C)c(C)c3c2N)n1. The molecule has 5 nitrogen and oxygen atoms in total. The molecule has 0 bridgehead atoms. The molecule has 0 radical (unpaired) electrons. The molecule has 3 aromatic heterocycles. The summed E-state index contributed by atoms with van der Waals surface area (Å²) in [5.41, 5.74) is 10.3. The molecule has 0 saturated carbocycles. The first-order valence-corrected chi connectivity index (χ1v) is 7.33. The minimum absolute atomic E-state index is 0.483. The lowest BCUT2D eigenvalue weighted by Crippen LogP contribution is -1.93. The van der Waals surface area contributed by atoms with E-state index in [9.17, 15) is 0 Å². The quantitative estimate of drug-likeness (QED) is 0.781. The average Bonchev–Trinajstić information content (AvgIpc) is 3.01. The second kappa shape index (κ2) is 4.56. The number of aromatic nitrogens is 3. The highest BCUT2D eigenvalue weighted by atomic mass is 32.1. The third-order valence-electron chi connectivity index (χ3n) is 3.65. The average molecular weight is 288 g/mol. The van der Waals surface area contributed by atoms with Gasteiger partial charge >= 0.3 is 0 Å². The Balaban J connectivity index is 2.28. The summed E-state index contributed by atoms with van der Waals surface area (Å²) in [5, 5.41) is 4.93. The van der Waals surface area contributed by atoms with Gasteiger partial charge in [-0.05, 0) is 31.9 Å². The number of anilines is 1. The molecule has 20 heavy (non-hydrogen) atoms. The van der Waals surface area contributed by atoms with E-state index in [4.69, 9.17) is 10.3 Å². The van der Waals surface area contributed by atoms with Gasteiger partial charge in [-0.2, -0.15) is 4.98 Å². The second-order valence-corrected chi connectivity index (χ2v) is 5.84. The van der Waals surface area contributed by atoms with E-state index in [-0.39, 0.29) is 0 Å². The first-order chi connectivity index (χ1) is 9.52. The number of thiophene rings is 1. The van der Waals surface area contributed by atoms with Gasteiger partial charge in [0.05, 0.1) is 5.69 Å². The van der Waals surface area contributed by atoms with E-state index in [0.29, 0.717) is 17.4 Å². The van der Waals surface area contributed by atoms with Crippen molar-refractivity contribution in [3.8, 4) is 10.8 Å². The Labute approximate surface area is 120 Å². The van der Waals surface area contributed by atoms with Gasteiger partial charge in [0, 0.05) is 17.5 Å². The van der Waals surface area contributed by atoms with E-state index in [0.717, 1.165) is 27.2 Å². The maximum atomic E-state index is 6.28. The minimum atomic E-state index is 0.483. The van der Waals surface area contributed by atoms with Gasteiger partial charge in [-0.15, -0.1) is 11.3 Å². The summed E-state index contributed by atoms with van der Waals surface area (Å²) >= 11 is 1.51. The molecule has 0 atom stereocenters. The van der Waals surface area contributed by atoms with Crippen molar-refractivity contribution in [3.63, 3.8) is 0 Å². The summed E-state index contributed by atoms with van der Waals surface area (Å²) in [4.78, 5) is 10.7. The smallest absolute Gasteiger partial charge is 0.270 e. The molecule has 0 amide bonds. The Morgan fingerprint density at radius 2 is 1.90 bits per heavy atom. The van der Waals surface area contributed by atoms with Crippen molar-refractivity contribution < 1.29 is 4.52 Å². The molecule has 0 unspecified atom stereocenters. The Morgan fingerprint density at radius 3 is 2.55 bits per heavy atom. The van der Waals surface area contributed by atoms with Crippen LogP contribution in [0.3, 0.4) is 0 Å². The number of aryl methyl sites for hydroxylation is 3. The van der Waals surface area contributed by atoms with Gasteiger partial charge in [0.1, 0.15) is 9.71 Å². The van der Waals surface area contributed by atoms with Gasteiger partial charge in [0.25, 0.3) is 5.89 Å². The number of nitrogens with zero attached hydrogens (tertiary/aromatic N) is 3. The molecule has 3 aromatic rings. The van der Waals surface area contributed by atoms with Gasteiger partial charge in [-0.25, -0.2) is 4.98 Å². The highest BCUT2D eigenvalue weighted by Gasteiger charge is 2.20. The molecule has 0 spiro atoms. The number of rotatable bonds is 2. The third kappa shape index (κ3) is 1.79. The zero-order chi connectivity index (χ0) is 14.4. The van der Waals surface area contributed by atoms with Gasteiger partial charge in [0.2, 0.25) is 0 Å². The number of fused-ring (bicyclic) bond motifs is 1. The lowest BCUT2D eigenvalue weighted by atomic mass is 10.1. The maximum absolute atomic E-state index is 6.28. The zero-order valence-electron chi connectivity index (χ0n) is 11.9. The van der Waals surface area contributed by atoms with Crippen molar-refractivity contribution >= 4 is 27.2 Å². The normalized spacial score (nSPS) is 11.4.